The summed E-state index contributed by atoms with van der Waals surface area (Å²) in [4.78, 5) is 2.09. The van der Waals surface area contributed by atoms with Gasteiger partial charge in [0.15, 0.2) is 0 Å². The molecule has 1 heterocycles. The summed E-state index contributed by atoms with van der Waals surface area (Å²) in [5, 5.41) is 15.6. The molecule has 0 bridgehead atoms. The number of aliphatic hydroxyl groups excluding tert-OH is 1. The Labute approximate surface area is 114 Å². The minimum Gasteiger partial charge on any atom is -0.390 e. The number of sulfonamides is 1. The Balaban J connectivity index is 2.87. The molecule has 0 radical (unpaired) electrons. The summed E-state index contributed by atoms with van der Waals surface area (Å²) in [6.07, 6.45) is 0.744. The van der Waals surface area contributed by atoms with Crippen LogP contribution in [0, 0.1) is 6.92 Å². The van der Waals surface area contributed by atoms with Crippen LogP contribution in [0.3, 0.4) is 0 Å². The molecule has 0 aliphatic carbocycles. The lowest BCUT2D eigenvalue weighted by molar-refractivity contribution is 0.273. The molecule has 7 nitrogen and oxygen atoms in total. The first-order valence-electron chi connectivity index (χ1n) is 6.06. The highest BCUT2D eigenvalue weighted by Crippen LogP contribution is 2.21. The first kappa shape index (κ1) is 16.1. The van der Waals surface area contributed by atoms with Crippen LogP contribution in [0.4, 0.5) is 0 Å². The minimum absolute atomic E-state index is 0.0855. The molecule has 0 aromatic carbocycles. The van der Waals surface area contributed by atoms with E-state index >= 15 is 0 Å². The first-order chi connectivity index (χ1) is 8.80. The number of H-pyrrole nitrogens is 1. The van der Waals surface area contributed by atoms with E-state index in [1.807, 2.05) is 19.0 Å². The summed E-state index contributed by atoms with van der Waals surface area (Å²) in [5.74, 6) is 0. The molecule has 0 atom stereocenters. The van der Waals surface area contributed by atoms with Gasteiger partial charge in [0.25, 0.3) is 0 Å². The van der Waals surface area contributed by atoms with Crippen molar-refractivity contribution in [1.82, 2.24) is 19.4 Å². The number of aromatic amines is 1. The third kappa shape index (κ3) is 3.75. The van der Waals surface area contributed by atoms with Gasteiger partial charge in [0.05, 0.1) is 12.3 Å². The van der Waals surface area contributed by atoms with E-state index in [9.17, 15) is 8.42 Å². The average Bonchev–Trinajstić information content (AvgIpc) is 2.70. The predicted octanol–water partition coefficient (Wildman–Crippen LogP) is -0.217. The predicted molar refractivity (Wildman–Crippen MR) is 72.2 cm³/mol. The zero-order chi connectivity index (χ0) is 14.6. The fourth-order valence-electron chi connectivity index (χ4n) is 1.80. The highest BCUT2D eigenvalue weighted by atomic mass is 32.2. The van der Waals surface area contributed by atoms with Crippen LogP contribution in [0.1, 0.15) is 17.8 Å². The summed E-state index contributed by atoms with van der Waals surface area (Å²) in [6.45, 7) is 2.48. The van der Waals surface area contributed by atoms with Crippen molar-refractivity contribution < 1.29 is 13.5 Å². The van der Waals surface area contributed by atoms with Crippen molar-refractivity contribution in [3.63, 3.8) is 0 Å². The van der Waals surface area contributed by atoms with Crippen LogP contribution in [-0.2, 0) is 16.6 Å². The van der Waals surface area contributed by atoms with Gasteiger partial charge in [-0.3, -0.25) is 5.10 Å². The quantitative estimate of drug-likeness (QED) is 0.725. The number of rotatable bonds is 7. The molecular formula is C11H22N4O3S. The zero-order valence-corrected chi connectivity index (χ0v) is 12.7. The molecule has 0 amide bonds. The number of nitrogens with one attached hydrogen (secondary N) is 1. The lowest BCUT2D eigenvalue weighted by atomic mass is 10.4. The van der Waals surface area contributed by atoms with Crippen LogP contribution in [0.15, 0.2) is 4.90 Å². The lowest BCUT2D eigenvalue weighted by Gasteiger charge is -2.18. The number of hydrogen-bond acceptors (Lipinski definition) is 5. The number of aromatic nitrogens is 2. The molecule has 0 aliphatic rings. The van der Waals surface area contributed by atoms with E-state index < -0.39 is 16.6 Å². The van der Waals surface area contributed by atoms with Gasteiger partial charge in [-0.15, -0.1) is 0 Å². The van der Waals surface area contributed by atoms with Crippen LogP contribution in [0.5, 0.6) is 0 Å². The monoisotopic (exact) mass is 290 g/mol. The molecule has 0 fully saturated rings. The lowest BCUT2D eigenvalue weighted by Crippen LogP contribution is -2.30. The fourth-order valence-corrected chi connectivity index (χ4v) is 3.33. The second-order valence-corrected chi connectivity index (χ2v) is 6.75. The third-order valence-electron chi connectivity index (χ3n) is 2.86. The molecule has 0 aliphatic heterocycles. The Morgan fingerprint density at radius 1 is 1.26 bits per heavy atom. The molecule has 2 N–H and O–H groups in total. The maximum Gasteiger partial charge on any atom is 0.246 e. The number of aryl methyl sites for hydroxylation is 1. The van der Waals surface area contributed by atoms with Gasteiger partial charge < -0.3 is 10.0 Å². The van der Waals surface area contributed by atoms with Crippen molar-refractivity contribution >= 4 is 10.0 Å². The van der Waals surface area contributed by atoms with Crippen LogP contribution >= 0.6 is 0 Å². The van der Waals surface area contributed by atoms with Crippen molar-refractivity contribution in [2.24, 2.45) is 0 Å². The third-order valence-corrected chi connectivity index (χ3v) is 4.92. The smallest absolute Gasteiger partial charge is 0.246 e. The standard InChI is InChI=1S/C11H22N4O3S/c1-9-11(10(8-16)13-12-9)19(17,18)15(4)7-5-6-14(2)3/h16H,5-8H2,1-4H3,(H,12,13). The Bertz CT molecular complexity index is 510. The molecule has 0 saturated carbocycles. The Morgan fingerprint density at radius 3 is 2.42 bits per heavy atom. The van der Waals surface area contributed by atoms with Crippen molar-refractivity contribution in [2.75, 3.05) is 34.2 Å². The van der Waals surface area contributed by atoms with Crippen LogP contribution < -0.4 is 0 Å². The van der Waals surface area contributed by atoms with Gasteiger partial charge >= 0.3 is 0 Å². The van der Waals surface area contributed by atoms with Gasteiger partial charge in [-0.05, 0) is 34.0 Å². The second kappa shape index (κ2) is 6.47. The fraction of sp³-hybridized carbons (Fsp3) is 0.727. The van der Waals surface area contributed by atoms with Gasteiger partial charge in [0, 0.05) is 13.6 Å². The summed E-state index contributed by atoms with van der Waals surface area (Å²) >= 11 is 0. The van der Waals surface area contributed by atoms with E-state index in [0.29, 0.717) is 12.2 Å². The molecule has 110 valence electrons. The maximum absolute atomic E-state index is 12.4. The molecule has 1 rings (SSSR count). The van der Waals surface area contributed by atoms with Crippen LogP contribution in [0.2, 0.25) is 0 Å². The summed E-state index contributed by atoms with van der Waals surface area (Å²) in [5.41, 5.74) is 0.612. The van der Waals surface area contributed by atoms with Crippen molar-refractivity contribution in [2.45, 2.75) is 24.8 Å². The van der Waals surface area contributed by atoms with E-state index in [-0.39, 0.29) is 10.6 Å². The second-order valence-electron chi connectivity index (χ2n) is 4.77. The summed E-state index contributed by atoms with van der Waals surface area (Å²) in [7, 11) is 1.82. The molecule has 0 spiro atoms. The number of hydrogen-bond donors (Lipinski definition) is 2. The molecular weight excluding hydrogens is 268 g/mol. The first-order valence-corrected chi connectivity index (χ1v) is 7.50. The Morgan fingerprint density at radius 2 is 1.89 bits per heavy atom. The molecule has 0 unspecified atom stereocenters. The minimum atomic E-state index is -3.61. The van der Waals surface area contributed by atoms with E-state index in [0.717, 1.165) is 13.0 Å². The van der Waals surface area contributed by atoms with Crippen LogP contribution in [0.25, 0.3) is 0 Å². The highest BCUT2D eigenvalue weighted by Gasteiger charge is 2.27. The van der Waals surface area contributed by atoms with Crippen LogP contribution in [-0.4, -0.2) is 67.2 Å². The number of nitrogens with zero attached hydrogens (tertiary/aromatic N) is 3. The van der Waals surface area contributed by atoms with Crippen molar-refractivity contribution in [1.29, 1.82) is 0 Å². The van der Waals surface area contributed by atoms with Gasteiger partial charge in [-0.1, -0.05) is 0 Å². The Kier molecular flexibility index (Phi) is 5.48. The molecule has 1 aromatic rings. The van der Waals surface area contributed by atoms with E-state index in [2.05, 4.69) is 10.2 Å². The van der Waals surface area contributed by atoms with E-state index in [1.54, 1.807) is 14.0 Å². The number of aliphatic hydroxyl groups is 1. The Hall–Kier alpha value is -0.960. The topological polar surface area (TPSA) is 89.5 Å². The van der Waals surface area contributed by atoms with Gasteiger partial charge in [-0.2, -0.15) is 5.10 Å². The zero-order valence-electron chi connectivity index (χ0n) is 11.8. The molecule has 0 saturated heterocycles. The van der Waals surface area contributed by atoms with E-state index in [1.165, 1.54) is 4.31 Å². The molecule has 8 heteroatoms. The van der Waals surface area contributed by atoms with Crippen molar-refractivity contribution in [3.8, 4) is 0 Å². The maximum atomic E-state index is 12.4. The average molecular weight is 290 g/mol. The molecule has 1 aromatic heterocycles. The van der Waals surface area contributed by atoms with Gasteiger partial charge in [0.1, 0.15) is 10.6 Å². The molecule has 19 heavy (non-hydrogen) atoms. The summed E-state index contributed by atoms with van der Waals surface area (Å²) in [6, 6.07) is 0. The normalized spacial score (nSPS) is 12.6. The van der Waals surface area contributed by atoms with Crippen molar-refractivity contribution in [3.05, 3.63) is 11.4 Å². The SMILES string of the molecule is Cc1[nH]nc(CO)c1S(=O)(=O)N(C)CCCN(C)C. The summed E-state index contributed by atoms with van der Waals surface area (Å²) < 4.78 is 26.1. The van der Waals surface area contributed by atoms with E-state index in [4.69, 9.17) is 5.11 Å². The largest absolute Gasteiger partial charge is 0.390 e. The van der Waals surface area contributed by atoms with Gasteiger partial charge in [-0.25, -0.2) is 12.7 Å². The van der Waals surface area contributed by atoms with Gasteiger partial charge in [0.2, 0.25) is 10.0 Å². The highest BCUT2D eigenvalue weighted by molar-refractivity contribution is 7.89.